The van der Waals surface area contributed by atoms with E-state index in [1.165, 1.54) is 0 Å². The fourth-order valence-electron chi connectivity index (χ4n) is 1.78. The van der Waals surface area contributed by atoms with Gasteiger partial charge in [0, 0.05) is 13.1 Å². The second kappa shape index (κ2) is 2.23. The van der Waals surface area contributed by atoms with Crippen LogP contribution in [0, 0.1) is 11.8 Å². The van der Waals surface area contributed by atoms with Gasteiger partial charge < -0.3 is 10.6 Å². The third-order valence-corrected chi connectivity index (χ3v) is 2.38. The molecule has 2 heterocycles. The van der Waals surface area contributed by atoms with Gasteiger partial charge in [0.15, 0.2) is 0 Å². The van der Waals surface area contributed by atoms with E-state index in [-0.39, 0.29) is 11.8 Å². The van der Waals surface area contributed by atoms with Crippen molar-refractivity contribution in [2.75, 3.05) is 19.6 Å². The summed E-state index contributed by atoms with van der Waals surface area (Å²) in [6.07, 6.45) is 1.10. The molecule has 2 fully saturated rings. The van der Waals surface area contributed by atoms with Gasteiger partial charge in [-0.25, -0.2) is 0 Å². The maximum absolute atomic E-state index is 11.1. The molecule has 2 unspecified atom stereocenters. The number of amides is 1. The SMILES string of the molecule is O=C1NCC2CNCC1C2. The lowest BCUT2D eigenvalue weighted by atomic mass is 9.86. The Morgan fingerprint density at radius 1 is 1.30 bits per heavy atom. The number of carbonyl (C=O) groups excluding carboxylic acids is 1. The Hall–Kier alpha value is -0.570. The van der Waals surface area contributed by atoms with Crippen LogP contribution in [0.15, 0.2) is 0 Å². The lowest BCUT2D eigenvalue weighted by molar-refractivity contribution is -0.128. The van der Waals surface area contributed by atoms with Gasteiger partial charge in [0.2, 0.25) is 5.91 Å². The molecule has 0 aromatic heterocycles. The van der Waals surface area contributed by atoms with Crippen LogP contribution < -0.4 is 10.6 Å². The zero-order valence-corrected chi connectivity index (χ0v) is 5.89. The molecule has 2 saturated heterocycles. The van der Waals surface area contributed by atoms with E-state index >= 15 is 0 Å². The summed E-state index contributed by atoms with van der Waals surface area (Å²) < 4.78 is 0. The summed E-state index contributed by atoms with van der Waals surface area (Å²) >= 11 is 0. The van der Waals surface area contributed by atoms with E-state index in [1.54, 1.807) is 0 Å². The molecular formula is C7H12N2O. The largest absolute Gasteiger partial charge is 0.355 e. The van der Waals surface area contributed by atoms with Crippen molar-refractivity contribution in [3.05, 3.63) is 0 Å². The first-order valence-electron chi connectivity index (χ1n) is 3.84. The molecule has 2 N–H and O–H groups in total. The van der Waals surface area contributed by atoms with Crippen LogP contribution in [0.4, 0.5) is 0 Å². The molecule has 2 atom stereocenters. The number of piperidine rings is 2. The smallest absolute Gasteiger partial charge is 0.224 e. The summed E-state index contributed by atoms with van der Waals surface area (Å²) in [5, 5.41) is 6.16. The standard InChI is InChI=1S/C7H12N2O/c10-7-6-1-5(3-9-7)2-8-4-6/h5-6,8H,1-4H2,(H,9,10). The number of carbonyl (C=O) groups is 1. The van der Waals surface area contributed by atoms with Crippen LogP contribution in [0.1, 0.15) is 6.42 Å². The van der Waals surface area contributed by atoms with E-state index < -0.39 is 0 Å². The molecule has 0 saturated carbocycles. The molecule has 0 radical (unpaired) electrons. The molecule has 56 valence electrons. The zero-order valence-electron chi connectivity index (χ0n) is 5.89. The Kier molecular flexibility index (Phi) is 1.38. The van der Waals surface area contributed by atoms with Crippen molar-refractivity contribution in [2.24, 2.45) is 11.8 Å². The fourth-order valence-corrected chi connectivity index (χ4v) is 1.78. The molecule has 0 aromatic rings. The van der Waals surface area contributed by atoms with E-state index in [0.717, 1.165) is 26.1 Å². The Morgan fingerprint density at radius 3 is 3.00 bits per heavy atom. The van der Waals surface area contributed by atoms with Gasteiger partial charge >= 0.3 is 0 Å². The molecule has 2 aliphatic rings. The molecule has 3 nitrogen and oxygen atoms in total. The minimum Gasteiger partial charge on any atom is -0.355 e. The third-order valence-electron chi connectivity index (χ3n) is 2.38. The maximum atomic E-state index is 11.1. The first-order valence-corrected chi connectivity index (χ1v) is 3.84. The Balaban J connectivity index is 2.07. The molecule has 0 spiro atoms. The van der Waals surface area contributed by atoms with Crippen LogP contribution in [-0.4, -0.2) is 25.5 Å². The second-order valence-electron chi connectivity index (χ2n) is 3.20. The average Bonchev–Trinajstić information content (AvgIpc) is 1.99. The highest BCUT2D eigenvalue weighted by Crippen LogP contribution is 2.19. The van der Waals surface area contributed by atoms with Crippen molar-refractivity contribution in [1.29, 1.82) is 0 Å². The number of rotatable bonds is 0. The number of hydrogen-bond donors (Lipinski definition) is 2. The van der Waals surface area contributed by atoms with Crippen molar-refractivity contribution < 1.29 is 4.79 Å². The van der Waals surface area contributed by atoms with Gasteiger partial charge in [-0.15, -0.1) is 0 Å². The van der Waals surface area contributed by atoms with Crippen molar-refractivity contribution >= 4 is 5.91 Å². The van der Waals surface area contributed by atoms with Gasteiger partial charge in [-0.3, -0.25) is 4.79 Å². The molecule has 2 bridgehead atoms. The van der Waals surface area contributed by atoms with Crippen molar-refractivity contribution in [3.63, 3.8) is 0 Å². The van der Waals surface area contributed by atoms with Crippen LogP contribution in [0.3, 0.4) is 0 Å². The minimum absolute atomic E-state index is 0.239. The minimum atomic E-state index is 0.239. The molecule has 10 heavy (non-hydrogen) atoms. The van der Waals surface area contributed by atoms with Gasteiger partial charge in [-0.2, -0.15) is 0 Å². The van der Waals surface area contributed by atoms with E-state index in [1.807, 2.05) is 0 Å². The normalized spacial score (nSPS) is 39.0. The lowest BCUT2D eigenvalue weighted by Gasteiger charge is -2.34. The molecule has 2 aliphatic heterocycles. The van der Waals surface area contributed by atoms with Crippen molar-refractivity contribution in [3.8, 4) is 0 Å². The third kappa shape index (κ3) is 0.904. The van der Waals surface area contributed by atoms with Crippen molar-refractivity contribution in [2.45, 2.75) is 6.42 Å². The monoisotopic (exact) mass is 140 g/mol. The summed E-state index contributed by atoms with van der Waals surface area (Å²) in [4.78, 5) is 11.1. The fraction of sp³-hybridized carbons (Fsp3) is 0.857. The summed E-state index contributed by atoms with van der Waals surface area (Å²) in [6.45, 7) is 2.83. The second-order valence-corrected chi connectivity index (χ2v) is 3.20. The predicted molar refractivity (Wildman–Crippen MR) is 37.5 cm³/mol. The van der Waals surface area contributed by atoms with Gasteiger partial charge in [0.1, 0.15) is 0 Å². The average molecular weight is 140 g/mol. The van der Waals surface area contributed by atoms with Crippen LogP contribution in [0.25, 0.3) is 0 Å². The highest BCUT2D eigenvalue weighted by molar-refractivity contribution is 5.79. The van der Waals surface area contributed by atoms with E-state index in [2.05, 4.69) is 10.6 Å². The van der Waals surface area contributed by atoms with E-state index in [9.17, 15) is 4.79 Å². The maximum Gasteiger partial charge on any atom is 0.224 e. The highest BCUT2D eigenvalue weighted by Gasteiger charge is 2.31. The zero-order chi connectivity index (χ0) is 6.97. The number of hydrogen-bond acceptors (Lipinski definition) is 2. The Bertz CT molecular complexity index is 158. The van der Waals surface area contributed by atoms with Crippen LogP contribution in [0.5, 0.6) is 0 Å². The summed E-state index contributed by atoms with van der Waals surface area (Å²) in [5.41, 5.74) is 0. The summed E-state index contributed by atoms with van der Waals surface area (Å²) in [7, 11) is 0. The molecule has 1 amide bonds. The van der Waals surface area contributed by atoms with Gasteiger partial charge in [0.05, 0.1) is 5.92 Å². The summed E-state index contributed by atoms with van der Waals surface area (Å²) in [5.74, 6) is 1.19. The molecular weight excluding hydrogens is 128 g/mol. The summed E-state index contributed by atoms with van der Waals surface area (Å²) in [6, 6.07) is 0. The number of nitrogens with one attached hydrogen (secondary N) is 2. The van der Waals surface area contributed by atoms with Crippen molar-refractivity contribution in [1.82, 2.24) is 10.6 Å². The molecule has 3 heteroatoms. The quantitative estimate of drug-likeness (QED) is 0.469. The first-order chi connectivity index (χ1) is 4.86. The van der Waals surface area contributed by atoms with Crippen LogP contribution >= 0.6 is 0 Å². The number of fused-ring (bicyclic) bond motifs is 2. The first kappa shape index (κ1) is 6.16. The van der Waals surface area contributed by atoms with E-state index in [4.69, 9.17) is 0 Å². The molecule has 0 aromatic carbocycles. The predicted octanol–water partition coefficient (Wildman–Crippen LogP) is -0.658. The van der Waals surface area contributed by atoms with Gasteiger partial charge in [-0.05, 0) is 18.9 Å². The highest BCUT2D eigenvalue weighted by atomic mass is 16.2. The van der Waals surface area contributed by atoms with Crippen LogP contribution in [-0.2, 0) is 4.79 Å². The van der Waals surface area contributed by atoms with Gasteiger partial charge in [-0.1, -0.05) is 0 Å². The lowest BCUT2D eigenvalue weighted by Crippen LogP contribution is -2.52. The van der Waals surface area contributed by atoms with Crippen LogP contribution in [0.2, 0.25) is 0 Å². The molecule has 0 aliphatic carbocycles. The Morgan fingerprint density at radius 2 is 2.20 bits per heavy atom. The molecule has 2 rings (SSSR count). The van der Waals surface area contributed by atoms with Gasteiger partial charge in [0.25, 0.3) is 0 Å². The topological polar surface area (TPSA) is 41.1 Å². The Labute approximate surface area is 60.2 Å². The van der Waals surface area contributed by atoms with E-state index in [0.29, 0.717) is 5.92 Å².